The molecule has 1 fully saturated rings. The number of benzene rings is 1. The van der Waals surface area contributed by atoms with E-state index in [1.165, 1.54) is 10.5 Å². The van der Waals surface area contributed by atoms with Gasteiger partial charge < -0.3 is 11.1 Å². The zero-order valence-corrected chi connectivity index (χ0v) is 12.8. The van der Waals surface area contributed by atoms with Gasteiger partial charge in [0.05, 0.1) is 12.6 Å². The highest BCUT2D eigenvalue weighted by molar-refractivity contribution is 6.01. The maximum Gasteiger partial charge on any atom is 0.324 e. The van der Waals surface area contributed by atoms with E-state index in [-0.39, 0.29) is 30.4 Å². The highest BCUT2D eigenvalue weighted by Gasteiger charge is 2.31. The van der Waals surface area contributed by atoms with Gasteiger partial charge in [-0.05, 0) is 24.0 Å². The van der Waals surface area contributed by atoms with Crippen LogP contribution in [0.25, 0.3) is 0 Å². The SMILES string of the molecule is NC(=O)[C@@H]1Cc2ccccc2CN1CCCN1C(=O)CNC1=O. The fourth-order valence-corrected chi connectivity index (χ4v) is 3.21. The Morgan fingerprint density at radius 2 is 1.96 bits per heavy atom. The van der Waals surface area contributed by atoms with E-state index in [0.29, 0.717) is 32.5 Å². The van der Waals surface area contributed by atoms with Crippen molar-refractivity contribution in [2.75, 3.05) is 19.6 Å². The highest BCUT2D eigenvalue weighted by Crippen LogP contribution is 2.23. The van der Waals surface area contributed by atoms with Gasteiger partial charge in [-0.15, -0.1) is 0 Å². The zero-order chi connectivity index (χ0) is 16.4. The molecule has 1 aromatic rings. The summed E-state index contributed by atoms with van der Waals surface area (Å²) in [5.41, 5.74) is 7.89. The lowest BCUT2D eigenvalue weighted by atomic mass is 9.93. The number of urea groups is 1. The lowest BCUT2D eigenvalue weighted by Crippen LogP contribution is -2.49. The van der Waals surface area contributed by atoms with E-state index in [1.807, 2.05) is 23.1 Å². The molecule has 122 valence electrons. The molecule has 7 nitrogen and oxygen atoms in total. The van der Waals surface area contributed by atoms with E-state index in [1.54, 1.807) is 0 Å². The van der Waals surface area contributed by atoms with E-state index >= 15 is 0 Å². The van der Waals surface area contributed by atoms with Crippen molar-refractivity contribution in [2.45, 2.75) is 25.4 Å². The van der Waals surface area contributed by atoms with Gasteiger partial charge in [-0.1, -0.05) is 24.3 Å². The molecule has 1 aromatic carbocycles. The molecule has 0 bridgehead atoms. The van der Waals surface area contributed by atoms with Crippen LogP contribution in [0.15, 0.2) is 24.3 Å². The van der Waals surface area contributed by atoms with E-state index in [2.05, 4.69) is 11.4 Å². The Morgan fingerprint density at radius 3 is 2.61 bits per heavy atom. The first kappa shape index (κ1) is 15.5. The van der Waals surface area contributed by atoms with Gasteiger partial charge in [0.2, 0.25) is 11.8 Å². The van der Waals surface area contributed by atoms with Crippen molar-refractivity contribution >= 4 is 17.8 Å². The van der Waals surface area contributed by atoms with Crippen molar-refractivity contribution in [1.29, 1.82) is 0 Å². The van der Waals surface area contributed by atoms with E-state index < -0.39 is 0 Å². The topological polar surface area (TPSA) is 95.7 Å². The average molecular weight is 316 g/mol. The number of carbonyl (C=O) groups excluding carboxylic acids is 3. The van der Waals surface area contributed by atoms with Crippen LogP contribution in [0.5, 0.6) is 0 Å². The molecular weight excluding hydrogens is 296 g/mol. The summed E-state index contributed by atoms with van der Waals surface area (Å²) in [4.78, 5) is 38.1. The van der Waals surface area contributed by atoms with Crippen LogP contribution < -0.4 is 11.1 Å². The number of fused-ring (bicyclic) bond motifs is 1. The number of primary amides is 1. The molecule has 0 saturated carbocycles. The summed E-state index contributed by atoms with van der Waals surface area (Å²) in [5.74, 6) is -0.542. The monoisotopic (exact) mass is 316 g/mol. The van der Waals surface area contributed by atoms with Crippen LogP contribution in [0.2, 0.25) is 0 Å². The van der Waals surface area contributed by atoms with E-state index in [0.717, 1.165) is 5.56 Å². The molecule has 3 N–H and O–H groups in total. The van der Waals surface area contributed by atoms with Crippen LogP contribution in [0.3, 0.4) is 0 Å². The molecule has 7 heteroatoms. The fourth-order valence-electron chi connectivity index (χ4n) is 3.21. The standard InChI is InChI=1S/C16H20N4O3/c17-15(22)13-8-11-4-1-2-5-12(11)10-19(13)6-3-7-20-14(21)9-18-16(20)23/h1-2,4-5,13H,3,6-10H2,(H2,17,22)(H,18,23)/t13-/m0/s1. The molecular formula is C16H20N4O3. The van der Waals surface area contributed by atoms with Gasteiger partial charge in [0, 0.05) is 19.6 Å². The molecule has 23 heavy (non-hydrogen) atoms. The number of rotatable bonds is 5. The van der Waals surface area contributed by atoms with E-state index in [9.17, 15) is 14.4 Å². The quantitative estimate of drug-likeness (QED) is 0.738. The van der Waals surface area contributed by atoms with Gasteiger partial charge in [-0.25, -0.2) is 4.79 Å². The smallest absolute Gasteiger partial charge is 0.324 e. The largest absolute Gasteiger partial charge is 0.368 e. The van der Waals surface area contributed by atoms with Crippen LogP contribution in [0.1, 0.15) is 17.5 Å². The number of nitrogens with zero attached hydrogens (tertiary/aromatic N) is 2. The maximum atomic E-state index is 11.7. The molecule has 0 spiro atoms. The van der Waals surface area contributed by atoms with Crippen molar-refractivity contribution in [3.63, 3.8) is 0 Å². The summed E-state index contributed by atoms with van der Waals surface area (Å²) in [6, 6.07) is 7.34. The number of carbonyl (C=O) groups is 3. The van der Waals surface area contributed by atoms with Crippen molar-refractivity contribution in [3.05, 3.63) is 35.4 Å². The molecule has 1 atom stereocenters. The lowest BCUT2D eigenvalue weighted by molar-refractivity contribution is -0.126. The second kappa shape index (κ2) is 6.37. The molecule has 0 aliphatic carbocycles. The third-order valence-corrected chi connectivity index (χ3v) is 4.44. The van der Waals surface area contributed by atoms with Crippen LogP contribution in [-0.2, 0) is 22.6 Å². The molecule has 2 aliphatic rings. The minimum absolute atomic E-state index is 0.0693. The van der Waals surface area contributed by atoms with Crippen molar-refractivity contribution in [2.24, 2.45) is 5.73 Å². The second-order valence-electron chi connectivity index (χ2n) is 5.92. The van der Waals surface area contributed by atoms with Gasteiger partial charge in [-0.3, -0.25) is 19.4 Å². The number of nitrogens with two attached hydrogens (primary N) is 1. The minimum Gasteiger partial charge on any atom is -0.368 e. The zero-order valence-electron chi connectivity index (χ0n) is 12.8. The third-order valence-electron chi connectivity index (χ3n) is 4.44. The number of amides is 4. The normalized spacial score (nSPS) is 21.2. The van der Waals surface area contributed by atoms with E-state index in [4.69, 9.17) is 5.73 Å². The van der Waals surface area contributed by atoms with Gasteiger partial charge in [0.25, 0.3) is 0 Å². The summed E-state index contributed by atoms with van der Waals surface area (Å²) in [5, 5.41) is 2.50. The molecule has 0 radical (unpaired) electrons. The molecule has 0 unspecified atom stereocenters. The Morgan fingerprint density at radius 1 is 1.22 bits per heavy atom. The Kier molecular flexibility index (Phi) is 4.29. The number of hydrogen-bond acceptors (Lipinski definition) is 4. The Bertz CT molecular complexity index is 630. The average Bonchev–Trinajstić information content (AvgIpc) is 2.86. The Balaban J connectivity index is 1.63. The fraction of sp³-hybridized carbons (Fsp3) is 0.438. The van der Waals surface area contributed by atoms with Crippen LogP contribution >= 0.6 is 0 Å². The summed E-state index contributed by atoms with van der Waals surface area (Å²) in [6.45, 7) is 1.69. The summed E-state index contributed by atoms with van der Waals surface area (Å²) < 4.78 is 0. The molecule has 0 aromatic heterocycles. The Hall–Kier alpha value is -2.41. The first-order chi connectivity index (χ1) is 11.1. The Labute approximate surface area is 134 Å². The second-order valence-corrected chi connectivity index (χ2v) is 5.92. The summed E-state index contributed by atoms with van der Waals surface area (Å²) in [7, 11) is 0. The predicted molar refractivity (Wildman–Crippen MR) is 83.3 cm³/mol. The highest BCUT2D eigenvalue weighted by atomic mass is 16.2. The van der Waals surface area contributed by atoms with Crippen molar-refractivity contribution in [1.82, 2.24) is 15.1 Å². The first-order valence-electron chi connectivity index (χ1n) is 7.74. The van der Waals surface area contributed by atoms with Crippen LogP contribution in [0.4, 0.5) is 4.79 Å². The third kappa shape index (κ3) is 3.19. The van der Waals surface area contributed by atoms with Crippen molar-refractivity contribution in [3.8, 4) is 0 Å². The van der Waals surface area contributed by atoms with Crippen LogP contribution in [-0.4, -0.2) is 53.3 Å². The lowest BCUT2D eigenvalue weighted by Gasteiger charge is -2.35. The van der Waals surface area contributed by atoms with Gasteiger partial charge >= 0.3 is 6.03 Å². The molecule has 2 heterocycles. The first-order valence-corrected chi connectivity index (χ1v) is 7.74. The number of hydrogen-bond donors (Lipinski definition) is 2. The molecule has 2 aliphatic heterocycles. The molecule has 1 saturated heterocycles. The van der Waals surface area contributed by atoms with Crippen molar-refractivity contribution < 1.29 is 14.4 Å². The minimum atomic E-state index is -0.342. The number of imide groups is 1. The van der Waals surface area contributed by atoms with Crippen LogP contribution in [0, 0.1) is 0 Å². The maximum absolute atomic E-state index is 11.7. The predicted octanol–water partition coefficient (Wildman–Crippen LogP) is -0.159. The molecule has 4 amide bonds. The van der Waals surface area contributed by atoms with Gasteiger partial charge in [0.15, 0.2) is 0 Å². The summed E-state index contributed by atoms with van der Waals surface area (Å²) in [6.07, 6.45) is 1.22. The summed E-state index contributed by atoms with van der Waals surface area (Å²) >= 11 is 0. The molecule has 3 rings (SSSR count). The number of nitrogens with one attached hydrogen (secondary N) is 1. The van der Waals surface area contributed by atoms with Gasteiger partial charge in [-0.2, -0.15) is 0 Å². The van der Waals surface area contributed by atoms with Gasteiger partial charge in [0.1, 0.15) is 0 Å².